The van der Waals surface area contributed by atoms with Crippen LogP contribution in [0.1, 0.15) is 191 Å². The third-order valence-corrected chi connectivity index (χ3v) is 9.14. The Balaban J connectivity index is 3.23. The van der Waals surface area contributed by atoms with Crippen molar-refractivity contribution in [3.05, 3.63) is 76.8 Å². The molecule has 2 heterocycles. The molecule has 0 atom stereocenters. The van der Waals surface area contributed by atoms with Crippen LogP contribution in [0.2, 0.25) is 0 Å². The molecule has 0 aliphatic carbocycles. The average Bonchev–Trinajstić information content (AvgIpc) is 3.04. The number of rotatable bonds is 10. The van der Waals surface area contributed by atoms with E-state index in [-0.39, 0.29) is 47.3 Å². The number of hydrogen-bond donors (Lipinski definition) is 0. The van der Waals surface area contributed by atoms with Crippen molar-refractivity contribution in [1.29, 1.82) is 0 Å². The molecule has 0 aliphatic rings. The first kappa shape index (κ1) is 52.1. The first-order valence-electron chi connectivity index (χ1n) is 20.6. The molecule has 0 unspecified atom stereocenters. The van der Waals surface area contributed by atoms with Gasteiger partial charge in [0.2, 0.25) is 37.3 Å². The highest BCUT2D eigenvalue weighted by Crippen LogP contribution is 2.24. The van der Waals surface area contributed by atoms with E-state index >= 15 is 0 Å². The molecule has 0 N–H and O–H groups in total. The zero-order chi connectivity index (χ0) is 47.6. The predicted octanol–water partition coefficient (Wildman–Crippen LogP) is 6.43. The van der Waals surface area contributed by atoms with E-state index in [2.05, 4.69) is 0 Å². The first-order chi connectivity index (χ1) is 27.1. The van der Waals surface area contributed by atoms with Crippen molar-refractivity contribution < 1.29 is 28.4 Å². The van der Waals surface area contributed by atoms with E-state index in [4.69, 9.17) is 19.9 Å². The summed E-state index contributed by atoms with van der Waals surface area (Å²) in [5.74, 6) is 0. The van der Waals surface area contributed by atoms with Crippen LogP contribution in [-0.4, -0.2) is 129 Å². The van der Waals surface area contributed by atoms with Crippen molar-refractivity contribution in [2.75, 3.05) is 0 Å². The van der Waals surface area contributed by atoms with Gasteiger partial charge in [0.25, 0.3) is 0 Å². The minimum Gasteiger partial charge on any atom is -0.623 e. The van der Waals surface area contributed by atoms with E-state index in [0.717, 1.165) is 28.4 Å². The lowest BCUT2D eigenvalue weighted by Crippen LogP contribution is -2.42. The first-order valence-corrected chi connectivity index (χ1v) is 20.6. The molecule has 17 heteroatoms. The maximum absolute atomic E-state index is 13.6. The fourth-order valence-electron chi connectivity index (χ4n) is 4.56. The fourth-order valence-corrected chi connectivity index (χ4v) is 4.56. The summed E-state index contributed by atoms with van der Waals surface area (Å²) in [6, 6.07) is 0. The molecule has 0 amide bonds. The molecule has 0 aromatic carbocycles. The molecule has 2 aromatic heterocycles. The predicted molar refractivity (Wildman–Crippen MR) is 244 cm³/mol. The summed E-state index contributed by atoms with van der Waals surface area (Å²) < 4.78 is 4.45. The molecule has 2 rings (SSSR count). The summed E-state index contributed by atoms with van der Waals surface area (Å²) in [4.78, 5) is 21.5. The van der Waals surface area contributed by atoms with E-state index < -0.39 is 38.8 Å². The molecule has 0 aliphatic heterocycles. The lowest BCUT2D eigenvalue weighted by molar-refractivity contribution is -0.531. The van der Waals surface area contributed by atoms with E-state index in [0.29, 0.717) is 11.4 Å². The molecule has 0 radical (unpaired) electrons. The van der Waals surface area contributed by atoms with Crippen molar-refractivity contribution in [2.45, 2.75) is 197 Å². The Hall–Kier alpha value is -5.06. The summed E-state index contributed by atoms with van der Waals surface area (Å²) in [6.45, 7) is 37.3. The molecule has 0 spiro atoms. The van der Waals surface area contributed by atoms with E-state index in [1.807, 2.05) is 25.7 Å². The molecular weight excluding hydrogens is 779 g/mol. The molecule has 0 saturated carbocycles. The molecule has 340 valence electrons. The summed E-state index contributed by atoms with van der Waals surface area (Å²) in [7, 11) is 0. The van der Waals surface area contributed by atoms with Crippen LogP contribution in [0, 0.1) is 31.2 Å². The smallest absolute Gasteiger partial charge is 0.203 e. The minimum atomic E-state index is -0.871. The number of hydroxylamine groups is 6. The quantitative estimate of drug-likeness (QED) is 0.110. The number of nitrogens with zero attached hydrogens (tertiary/aromatic N) is 11. The Morgan fingerprint density at radius 3 is 0.689 bits per heavy atom. The summed E-state index contributed by atoms with van der Waals surface area (Å²) in [5, 5.41) is 80.6. The highest BCUT2D eigenvalue weighted by Gasteiger charge is 2.32. The van der Waals surface area contributed by atoms with Crippen LogP contribution in [-0.2, 0) is 13.1 Å². The Kier molecular flexibility index (Phi) is 15.5. The molecule has 0 fully saturated rings. The topological polar surface area (TPSA) is 211 Å². The van der Waals surface area contributed by atoms with Crippen LogP contribution < -0.4 is 0 Å². The van der Waals surface area contributed by atoms with E-state index in [9.17, 15) is 31.2 Å². The van der Waals surface area contributed by atoms with Crippen LogP contribution >= 0.6 is 0 Å². The van der Waals surface area contributed by atoms with Crippen molar-refractivity contribution in [3.63, 3.8) is 0 Å². The van der Waals surface area contributed by atoms with Gasteiger partial charge < -0.3 is 31.2 Å². The SMILES string of the molecule is CC(C)(C)N(Cc1nc(/C=[N+](/[O-])C(C)(C)C)c(/C=[N+](\[O-])C(C)(C)C)nc1/C=[N+](/[O-])C(C)(C)C)Cc1nc(/C=[N+](/[O-])C(C)(C)C)c(/C=[N+](\[O-])C(C)(C)C)nc1/C=[N+](/[O-])C(C)(C)C. The number of hydrogen-bond acceptors (Lipinski definition) is 11. The van der Waals surface area contributed by atoms with Gasteiger partial charge in [0, 0.05) is 143 Å². The number of aromatic nitrogens is 4. The van der Waals surface area contributed by atoms with Crippen LogP contribution in [0.3, 0.4) is 0 Å². The Bertz CT molecular complexity index is 1960. The van der Waals surface area contributed by atoms with Gasteiger partial charge in [-0.25, -0.2) is 48.4 Å². The molecule has 0 bridgehead atoms. The Labute approximate surface area is 363 Å². The normalized spacial score (nSPS) is 15.6. The van der Waals surface area contributed by atoms with Gasteiger partial charge in [-0.3, -0.25) is 4.90 Å². The lowest BCUT2D eigenvalue weighted by atomic mass is 10.0. The van der Waals surface area contributed by atoms with Crippen molar-refractivity contribution in [1.82, 2.24) is 24.8 Å². The largest absolute Gasteiger partial charge is 0.623 e. The maximum atomic E-state index is 13.6. The zero-order valence-corrected chi connectivity index (χ0v) is 40.7. The fraction of sp³-hybridized carbons (Fsp3) is 0.682. The van der Waals surface area contributed by atoms with Gasteiger partial charge in [-0.05, 0) is 20.8 Å². The third-order valence-electron chi connectivity index (χ3n) is 9.14. The molecule has 61 heavy (non-hydrogen) atoms. The highest BCUT2D eigenvalue weighted by molar-refractivity contribution is 5.90. The zero-order valence-electron chi connectivity index (χ0n) is 40.7. The monoisotopic (exact) mass is 852 g/mol. The highest BCUT2D eigenvalue weighted by atomic mass is 16.5. The van der Waals surface area contributed by atoms with Crippen LogP contribution in [0.4, 0.5) is 0 Å². The Morgan fingerprint density at radius 2 is 0.508 bits per heavy atom. The lowest BCUT2D eigenvalue weighted by Gasteiger charge is -2.35. The summed E-state index contributed by atoms with van der Waals surface area (Å²) in [5.41, 5.74) is -4.51. The second kappa shape index (κ2) is 18.1. The van der Waals surface area contributed by atoms with Gasteiger partial charge in [-0.2, -0.15) is 0 Å². The standard InChI is InChI=1S/C44H73N11O6/c1-38(2,3)49(22-30-32(24-50(56)39(4,5)6)47-36(28-54(60)43(16,17)18)34(45-30)26-52(58)41(10,11)12)23-31-33(25-51(57)40(7,8)9)48-37(29-55(61)44(19,20)21)35(46-31)27-53(59)42(13,14)15/h24-29H,22-23H2,1-21H3/b50-24+,51-25+,52-26+,53-27+,54-28-,55-29-. The van der Waals surface area contributed by atoms with Crippen molar-refractivity contribution in [2.24, 2.45) is 0 Å². The van der Waals surface area contributed by atoms with Gasteiger partial charge in [0.15, 0.2) is 67.4 Å². The summed E-state index contributed by atoms with van der Waals surface area (Å²) in [6.07, 6.45) is 7.75. The van der Waals surface area contributed by atoms with Crippen molar-refractivity contribution >= 4 is 37.3 Å². The van der Waals surface area contributed by atoms with E-state index in [1.54, 1.807) is 125 Å². The average molecular weight is 852 g/mol. The van der Waals surface area contributed by atoms with Crippen molar-refractivity contribution in [3.8, 4) is 0 Å². The van der Waals surface area contributed by atoms with Crippen LogP contribution in [0.15, 0.2) is 0 Å². The second-order valence-electron chi connectivity index (χ2n) is 22.4. The van der Waals surface area contributed by atoms with Gasteiger partial charge >= 0.3 is 0 Å². The van der Waals surface area contributed by atoms with Gasteiger partial charge in [0.1, 0.15) is 0 Å². The maximum Gasteiger partial charge on any atom is 0.203 e. The molecular formula is C44H73N11O6. The minimum absolute atomic E-state index is 0.0264. The van der Waals surface area contributed by atoms with Gasteiger partial charge in [0.05, 0.1) is 11.4 Å². The van der Waals surface area contributed by atoms with Gasteiger partial charge in [-0.15, -0.1) is 0 Å². The molecule has 2 aromatic rings. The molecule has 17 nitrogen and oxygen atoms in total. The second-order valence-corrected chi connectivity index (χ2v) is 22.4. The van der Waals surface area contributed by atoms with E-state index in [1.165, 1.54) is 37.3 Å². The third kappa shape index (κ3) is 15.1. The van der Waals surface area contributed by atoms with Crippen LogP contribution in [0.5, 0.6) is 0 Å². The Morgan fingerprint density at radius 1 is 0.328 bits per heavy atom. The van der Waals surface area contributed by atoms with Crippen LogP contribution in [0.25, 0.3) is 0 Å². The molecule has 0 saturated heterocycles. The van der Waals surface area contributed by atoms with Gasteiger partial charge in [-0.1, -0.05) is 0 Å². The summed E-state index contributed by atoms with van der Waals surface area (Å²) >= 11 is 0.